The molecule has 0 spiro atoms. The molecule has 25 heavy (non-hydrogen) atoms. The Morgan fingerprint density at radius 3 is 2.44 bits per heavy atom. The first-order valence-electron chi connectivity index (χ1n) is 7.95. The van der Waals surface area contributed by atoms with Crippen LogP contribution < -0.4 is 0 Å². The zero-order chi connectivity index (χ0) is 19.0. The third kappa shape index (κ3) is 6.31. The van der Waals surface area contributed by atoms with Crippen LogP contribution in [-0.2, 0) is 4.79 Å². The van der Waals surface area contributed by atoms with Crippen molar-refractivity contribution in [2.24, 2.45) is 0 Å². The molecule has 1 aliphatic rings. The van der Waals surface area contributed by atoms with Gasteiger partial charge in [-0.2, -0.15) is 0 Å². The summed E-state index contributed by atoms with van der Waals surface area (Å²) < 4.78 is 0. The molecule has 0 radical (unpaired) electrons. The average Bonchev–Trinajstić information content (AvgIpc) is 3.06. The van der Waals surface area contributed by atoms with E-state index in [1.807, 2.05) is 18.5 Å². The minimum Gasteiger partial charge on any atom is -0.479 e. The zero-order valence-corrected chi connectivity index (χ0v) is 14.0. The molecule has 0 bridgehead atoms. The van der Waals surface area contributed by atoms with Gasteiger partial charge >= 0.3 is 5.97 Å². The summed E-state index contributed by atoms with van der Waals surface area (Å²) in [4.78, 5) is 16.6. The summed E-state index contributed by atoms with van der Waals surface area (Å²) in [6.45, 7) is 0.379. The highest BCUT2D eigenvalue weighted by molar-refractivity contribution is 5.72. The van der Waals surface area contributed by atoms with Gasteiger partial charge in [-0.25, -0.2) is 4.79 Å². The Hall–Kier alpha value is -1.62. The smallest absolute Gasteiger partial charge is 0.335 e. The van der Waals surface area contributed by atoms with Crippen molar-refractivity contribution in [2.45, 2.75) is 43.3 Å². The summed E-state index contributed by atoms with van der Waals surface area (Å²) in [6.07, 6.45) is -1.43. The quantitative estimate of drug-likeness (QED) is 0.351. The first-order chi connectivity index (χ1) is 11.8. The lowest BCUT2D eigenvalue weighted by molar-refractivity contribution is -0.164. The van der Waals surface area contributed by atoms with Crippen molar-refractivity contribution in [3.05, 3.63) is 30.1 Å². The van der Waals surface area contributed by atoms with E-state index in [0.717, 1.165) is 0 Å². The fourth-order valence-electron chi connectivity index (χ4n) is 2.57. The van der Waals surface area contributed by atoms with Crippen LogP contribution in [0.2, 0.25) is 0 Å². The molecule has 0 aromatic carbocycles. The SMILES string of the molecule is CN1CCC[C@H]1c1cccnc1.O=C(O)[C@H](O)[C@@H](O)[C@H](O)[C@H](O)CO. The zero-order valence-electron chi connectivity index (χ0n) is 14.0. The number of hydrogen-bond acceptors (Lipinski definition) is 8. The van der Waals surface area contributed by atoms with Gasteiger partial charge in [0.05, 0.1) is 6.61 Å². The third-order valence-corrected chi connectivity index (χ3v) is 4.10. The summed E-state index contributed by atoms with van der Waals surface area (Å²) >= 11 is 0. The maximum absolute atomic E-state index is 10.1. The summed E-state index contributed by atoms with van der Waals surface area (Å²) in [6, 6.07) is 4.79. The van der Waals surface area contributed by atoms with Gasteiger partial charge in [-0.1, -0.05) is 6.07 Å². The lowest BCUT2D eigenvalue weighted by atomic mass is 10.0. The van der Waals surface area contributed by atoms with Crippen LogP contribution >= 0.6 is 0 Å². The Labute approximate surface area is 145 Å². The van der Waals surface area contributed by atoms with Gasteiger partial charge in [0.2, 0.25) is 0 Å². The van der Waals surface area contributed by atoms with Gasteiger partial charge < -0.3 is 30.6 Å². The Bertz CT molecular complexity index is 516. The highest BCUT2D eigenvalue weighted by Crippen LogP contribution is 2.29. The second-order valence-corrected chi connectivity index (χ2v) is 5.94. The number of hydrogen-bond donors (Lipinski definition) is 6. The molecule has 1 aliphatic heterocycles. The van der Waals surface area contributed by atoms with E-state index < -0.39 is 37.0 Å². The molecule has 2 heterocycles. The molecule has 9 nitrogen and oxygen atoms in total. The topological polar surface area (TPSA) is 155 Å². The summed E-state index contributed by atoms with van der Waals surface area (Å²) in [5, 5.41) is 51.8. The molecule has 5 atom stereocenters. The molecule has 1 saturated heterocycles. The molecule has 6 N–H and O–H groups in total. The Morgan fingerprint density at radius 2 is 2.00 bits per heavy atom. The highest BCUT2D eigenvalue weighted by atomic mass is 16.4. The second-order valence-electron chi connectivity index (χ2n) is 5.94. The van der Waals surface area contributed by atoms with Gasteiger partial charge in [-0.3, -0.25) is 9.88 Å². The van der Waals surface area contributed by atoms with Crippen LogP contribution in [0.1, 0.15) is 24.4 Å². The van der Waals surface area contributed by atoms with Crippen LogP contribution in [0, 0.1) is 0 Å². The number of aliphatic carboxylic acids is 1. The number of carboxylic acids is 1. The van der Waals surface area contributed by atoms with E-state index >= 15 is 0 Å². The molecular weight excluding hydrogens is 332 g/mol. The Balaban J connectivity index is 0.000000250. The van der Waals surface area contributed by atoms with Crippen molar-refractivity contribution < 1.29 is 35.4 Å². The monoisotopic (exact) mass is 358 g/mol. The fraction of sp³-hybridized carbons (Fsp3) is 0.625. The molecule has 9 heteroatoms. The predicted molar refractivity (Wildman–Crippen MR) is 87.6 cm³/mol. The lowest BCUT2D eigenvalue weighted by Gasteiger charge is -2.23. The van der Waals surface area contributed by atoms with E-state index in [0.29, 0.717) is 6.04 Å². The molecule has 0 saturated carbocycles. The van der Waals surface area contributed by atoms with Gasteiger partial charge in [-0.05, 0) is 38.1 Å². The van der Waals surface area contributed by atoms with E-state index in [4.69, 9.17) is 30.6 Å². The van der Waals surface area contributed by atoms with Crippen LogP contribution in [0.25, 0.3) is 0 Å². The van der Waals surface area contributed by atoms with Crippen LogP contribution in [-0.4, -0.2) is 91.1 Å². The molecule has 1 fully saturated rings. The number of pyridine rings is 1. The van der Waals surface area contributed by atoms with Crippen LogP contribution in [0.4, 0.5) is 0 Å². The van der Waals surface area contributed by atoms with Crippen molar-refractivity contribution in [2.75, 3.05) is 20.2 Å². The first kappa shape index (κ1) is 21.4. The van der Waals surface area contributed by atoms with Crippen molar-refractivity contribution >= 4 is 5.97 Å². The number of rotatable bonds is 6. The standard InChI is InChI=1S/C10H14N2.C6H12O7/c1-12-7-3-5-10(12)9-4-2-6-11-8-9;7-1-2(8)3(9)4(10)5(11)6(12)13/h2,4,6,8,10H,3,5,7H2,1H3;2-5,7-11H,1H2,(H,12,13)/t10-;2-,3-,4+,5-/m01/s1. The maximum Gasteiger partial charge on any atom is 0.335 e. The normalized spacial score (nSPS) is 22.4. The molecule has 1 aromatic heterocycles. The summed E-state index contributed by atoms with van der Waals surface area (Å²) in [5.41, 5.74) is 1.36. The van der Waals surface area contributed by atoms with Gasteiger partial charge in [0.1, 0.15) is 18.3 Å². The van der Waals surface area contributed by atoms with Gasteiger partial charge in [-0.15, -0.1) is 0 Å². The molecule has 0 unspecified atom stereocenters. The maximum atomic E-state index is 10.1. The minimum atomic E-state index is -2.20. The summed E-state index contributed by atoms with van der Waals surface area (Å²) in [7, 11) is 2.19. The summed E-state index contributed by atoms with van der Waals surface area (Å²) in [5.74, 6) is -1.73. The van der Waals surface area contributed by atoms with Crippen molar-refractivity contribution in [3.8, 4) is 0 Å². The highest BCUT2D eigenvalue weighted by Gasteiger charge is 2.33. The minimum absolute atomic E-state index is 0.610. The molecule has 0 aliphatic carbocycles. The van der Waals surface area contributed by atoms with Crippen LogP contribution in [0.3, 0.4) is 0 Å². The Morgan fingerprint density at radius 1 is 1.32 bits per heavy atom. The molecule has 1 aromatic rings. The largest absolute Gasteiger partial charge is 0.479 e. The second kappa shape index (κ2) is 10.4. The number of nitrogens with zero attached hydrogens (tertiary/aromatic N) is 2. The van der Waals surface area contributed by atoms with E-state index in [2.05, 4.69) is 23.0 Å². The lowest BCUT2D eigenvalue weighted by Crippen LogP contribution is -2.48. The van der Waals surface area contributed by atoms with Crippen molar-refractivity contribution in [3.63, 3.8) is 0 Å². The Kier molecular flexibility index (Phi) is 8.90. The number of carbonyl (C=O) groups is 1. The number of aliphatic hydroxyl groups excluding tert-OH is 5. The van der Waals surface area contributed by atoms with Gasteiger partial charge in [0, 0.05) is 18.4 Å². The number of likely N-dealkylation sites (tertiary alicyclic amines) is 1. The van der Waals surface area contributed by atoms with Crippen LogP contribution in [0.15, 0.2) is 24.5 Å². The first-order valence-corrected chi connectivity index (χ1v) is 7.95. The third-order valence-electron chi connectivity index (χ3n) is 4.10. The van der Waals surface area contributed by atoms with E-state index in [1.54, 1.807) is 0 Å². The number of carboxylic acid groups (broad SMARTS) is 1. The number of aliphatic hydroxyl groups is 5. The molecular formula is C16H26N2O7. The van der Waals surface area contributed by atoms with E-state index in [9.17, 15) is 4.79 Å². The molecule has 0 amide bonds. The average molecular weight is 358 g/mol. The van der Waals surface area contributed by atoms with Crippen LogP contribution in [0.5, 0.6) is 0 Å². The van der Waals surface area contributed by atoms with Crippen molar-refractivity contribution in [1.29, 1.82) is 0 Å². The van der Waals surface area contributed by atoms with Gasteiger partial charge in [0.15, 0.2) is 6.10 Å². The van der Waals surface area contributed by atoms with E-state index in [1.165, 1.54) is 24.9 Å². The van der Waals surface area contributed by atoms with Crippen molar-refractivity contribution in [1.82, 2.24) is 9.88 Å². The predicted octanol–water partition coefficient (Wildman–Crippen LogP) is -1.64. The molecule has 142 valence electrons. The fourth-order valence-corrected chi connectivity index (χ4v) is 2.57. The number of aromatic nitrogens is 1. The van der Waals surface area contributed by atoms with Gasteiger partial charge in [0.25, 0.3) is 0 Å². The van der Waals surface area contributed by atoms with E-state index in [-0.39, 0.29) is 0 Å². The molecule has 2 rings (SSSR count).